The van der Waals surface area contributed by atoms with Gasteiger partial charge < -0.3 is 14.2 Å². The van der Waals surface area contributed by atoms with Gasteiger partial charge in [-0.15, -0.1) is 11.8 Å². The third kappa shape index (κ3) is 3.60. The molecular weight excluding hydrogens is 340 g/mol. The molecule has 0 saturated carbocycles. The standard InChI is InChI=1S/C19H22O5S/c1-12-9-15-17(18(21)22-3)16(23-13(2)20)10-19(12,24-15)11-25-14-7-5-4-6-8-14/h4-8,12,15H,9-11H2,1-3H3/t12-,15+,19-/m0/s1. The smallest absolute Gasteiger partial charge is 0.339 e. The molecule has 5 nitrogen and oxygen atoms in total. The van der Waals surface area contributed by atoms with E-state index in [0.717, 1.165) is 10.6 Å². The molecule has 2 aliphatic heterocycles. The zero-order chi connectivity index (χ0) is 18.0. The lowest BCUT2D eigenvalue weighted by atomic mass is 9.88. The Balaban J connectivity index is 1.87. The second-order valence-corrected chi connectivity index (χ2v) is 7.56. The molecule has 6 heteroatoms. The Morgan fingerprint density at radius 3 is 2.68 bits per heavy atom. The molecule has 1 aromatic rings. The summed E-state index contributed by atoms with van der Waals surface area (Å²) in [4.78, 5) is 24.9. The van der Waals surface area contributed by atoms with Crippen LogP contribution in [0, 0.1) is 5.92 Å². The van der Waals surface area contributed by atoms with Gasteiger partial charge in [0.25, 0.3) is 0 Å². The summed E-state index contributed by atoms with van der Waals surface area (Å²) in [7, 11) is 1.33. The Morgan fingerprint density at radius 1 is 1.32 bits per heavy atom. The van der Waals surface area contributed by atoms with Crippen LogP contribution in [0.15, 0.2) is 46.6 Å². The third-order valence-corrected chi connectivity index (χ3v) is 6.06. The zero-order valence-electron chi connectivity index (χ0n) is 14.6. The Bertz CT molecular complexity index is 699. The van der Waals surface area contributed by atoms with E-state index >= 15 is 0 Å². The first-order valence-electron chi connectivity index (χ1n) is 8.30. The van der Waals surface area contributed by atoms with Gasteiger partial charge in [-0.3, -0.25) is 4.79 Å². The minimum Gasteiger partial charge on any atom is -0.465 e. The summed E-state index contributed by atoms with van der Waals surface area (Å²) < 4.78 is 16.6. The fraction of sp³-hybridized carbons (Fsp3) is 0.474. The van der Waals surface area contributed by atoms with Crippen molar-refractivity contribution in [3.63, 3.8) is 0 Å². The molecule has 0 amide bonds. The maximum atomic E-state index is 12.2. The highest BCUT2D eigenvalue weighted by atomic mass is 32.2. The van der Waals surface area contributed by atoms with Gasteiger partial charge in [0.05, 0.1) is 18.8 Å². The summed E-state index contributed by atoms with van der Waals surface area (Å²) in [6.45, 7) is 3.46. The van der Waals surface area contributed by atoms with Gasteiger partial charge in [0.15, 0.2) is 0 Å². The van der Waals surface area contributed by atoms with E-state index in [-0.39, 0.29) is 12.0 Å². The van der Waals surface area contributed by atoms with Gasteiger partial charge >= 0.3 is 11.9 Å². The fourth-order valence-corrected chi connectivity index (χ4v) is 4.71. The van der Waals surface area contributed by atoms with Crippen LogP contribution in [0.3, 0.4) is 0 Å². The number of ether oxygens (including phenoxy) is 3. The molecule has 1 fully saturated rings. The van der Waals surface area contributed by atoms with Crippen molar-refractivity contribution in [3.8, 4) is 0 Å². The SMILES string of the molecule is COC(=O)C1=C(OC(C)=O)C[C@@]2(CSc3ccccc3)O[C@@H]1C[C@@H]2C. The van der Waals surface area contributed by atoms with Gasteiger partial charge in [0.1, 0.15) is 11.3 Å². The molecular formula is C19H22O5S. The van der Waals surface area contributed by atoms with Crippen LogP contribution in [0.1, 0.15) is 26.7 Å². The second-order valence-electron chi connectivity index (χ2n) is 6.51. The van der Waals surface area contributed by atoms with Crippen molar-refractivity contribution in [1.29, 1.82) is 0 Å². The van der Waals surface area contributed by atoms with Crippen molar-refractivity contribution in [1.82, 2.24) is 0 Å². The van der Waals surface area contributed by atoms with Crippen LogP contribution < -0.4 is 0 Å². The normalized spacial score (nSPS) is 28.0. The van der Waals surface area contributed by atoms with Crippen molar-refractivity contribution in [2.24, 2.45) is 5.92 Å². The van der Waals surface area contributed by atoms with E-state index in [4.69, 9.17) is 14.2 Å². The largest absolute Gasteiger partial charge is 0.465 e. The molecule has 0 spiro atoms. The lowest BCUT2D eigenvalue weighted by Crippen LogP contribution is -2.42. The number of thioether (sulfide) groups is 1. The molecule has 0 aromatic heterocycles. The Hall–Kier alpha value is -1.79. The molecule has 0 unspecified atom stereocenters. The number of benzene rings is 1. The first-order valence-corrected chi connectivity index (χ1v) is 9.29. The first kappa shape index (κ1) is 18.0. The molecule has 0 aliphatic carbocycles. The summed E-state index contributed by atoms with van der Waals surface area (Å²) in [5.41, 5.74) is -0.101. The maximum Gasteiger partial charge on any atom is 0.339 e. The van der Waals surface area contributed by atoms with Gasteiger partial charge in [-0.05, 0) is 24.5 Å². The summed E-state index contributed by atoms with van der Waals surface area (Å²) in [5, 5.41) is 0. The molecule has 3 atom stereocenters. The molecule has 3 rings (SSSR count). The molecule has 2 heterocycles. The Labute approximate surface area is 151 Å². The van der Waals surface area contributed by atoms with Crippen LogP contribution in [0.2, 0.25) is 0 Å². The molecule has 1 aromatic carbocycles. The number of methoxy groups -OCH3 is 1. The molecule has 134 valence electrons. The number of carbonyl (C=O) groups excluding carboxylic acids is 2. The van der Waals surface area contributed by atoms with E-state index in [1.54, 1.807) is 11.8 Å². The van der Waals surface area contributed by atoms with Crippen LogP contribution in [0.5, 0.6) is 0 Å². The van der Waals surface area contributed by atoms with Crippen molar-refractivity contribution in [2.45, 2.75) is 43.3 Å². The lowest BCUT2D eigenvalue weighted by molar-refractivity contribution is -0.143. The van der Waals surface area contributed by atoms with Crippen LogP contribution in [0.25, 0.3) is 0 Å². The first-order chi connectivity index (χ1) is 11.9. The van der Waals surface area contributed by atoms with Gasteiger partial charge in [-0.2, -0.15) is 0 Å². The van der Waals surface area contributed by atoms with E-state index in [0.29, 0.717) is 24.2 Å². The third-order valence-electron chi connectivity index (χ3n) is 4.82. The molecule has 0 radical (unpaired) electrons. The highest BCUT2D eigenvalue weighted by molar-refractivity contribution is 7.99. The fourth-order valence-electron chi connectivity index (χ4n) is 3.49. The molecule has 2 aliphatic rings. The van der Waals surface area contributed by atoms with Crippen molar-refractivity contribution < 1.29 is 23.8 Å². The Morgan fingerprint density at radius 2 is 2.04 bits per heavy atom. The minimum atomic E-state index is -0.486. The topological polar surface area (TPSA) is 61.8 Å². The van der Waals surface area contributed by atoms with Gasteiger partial charge in [0, 0.05) is 24.0 Å². The molecule has 2 bridgehead atoms. The average Bonchev–Trinajstić information content (AvgIpc) is 2.84. The highest BCUT2D eigenvalue weighted by Gasteiger charge is 2.54. The average molecular weight is 362 g/mol. The number of carbonyl (C=O) groups is 2. The van der Waals surface area contributed by atoms with Crippen molar-refractivity contribution in [3.05, 3.63) is 41.7 Å². The zero-order valence-corrected chi connectivity index (χ0v) is 15.4. The van der Waals surface area contributed by atoms with E-state index in [2.05, 4.69) is 19.1 Å². The number of fused-ring (bicyclic) bond motifs is 2. The summed E-state index contributed by atoms with van der Waals surface area (Å²) >= 11 is 1.71. The predicted molar refractivity (Wildman–Crippen MR) is 94.0 cm³/mol. The Kier molecular flexibility index (Phi) is 5.20. The van der Waals surface area contributed by atoms with Crippen LogP contribution >= 0.6 is 11.8 Å². The second kappa shape index (κ2) is 7.22. The van der Waals surface area contributed by atoms with E-state index in [9.17, 15) is 9.59 Å². The molecule has 25 heavy (non-hydrogen) atoms. The number of hydrogen-bond donors (Lipinski definition) is 0. The predicted octanol–water partition coefficient (Wildman–Crippen LogP) is 3.34. The van der Waals surface area contributed by atoms with Crippen LogP contribution in [0.4, 0.5) is 0 Å². The van der Waals surface area contributed by atoms with E-state index < -0.39 is 17.5 Å². The number of hydrogen-bond acceptors (Lipinski definition) is 6. The highest BCUT2D eigenvalue weighted by Crippen LogP contribution is 2.50. The number of rotatable bonds is 5. The van der Waals surface area contributed by atoms with E-state index in [1.807, 2.05) is 18.2 Å². The summed E-state index contributed by atoms with van der Waals surface area (Å²) in [6.07, 6.45) is 0.723. The summed E-state index contributed by atoms with van der Waals surface area (Å²) in [6, 6.07) is 10.1. The molecule has 1 saturated heterocycles. The van der Waals surface area contributed by atoms with E-state index in [1.165, 1.54) is 14.0 Å². The van der Waals surface area contributed by atoms with Crippen LogP contribution in [-0.4, -0.2) is 36.5 Å². The lowest BCUT2D eigenvalue weighted by Gasteiger charge is -2.37. The van der Waals surface area contributed by atoms with Crippen LogP contribution in [-0.2, 0) is 23.8 Å². The van der Waals surface area contributed by atoms with Gasteiger partial charge in [0.2, 0.25) is 0 Å². The minimum absolute atomic E-state index is 0.237. The molecule has 0 N–H and O–H groups in total. The van der Waals surface area contributed by atoms with Gasteiger partial charge in [-0.1, -0.05) is 25.1 Å². The van der Waals surface area contributed by atoms with Crippen molar-refractivity contribution >= 4 is 23.7 Å². The van der Waals surface area contributed by atoms with Gasteiger partial charge in [-0.25, -0.2) is 4.79 Å². The quantitative estimate of drug-likeness (QED) is 0.591. The summed E-state index contributed by atoms with van der Waals surface area (Å²) in [5.74, 6) is 0.444. The van der Waals surface area contributed by atoms with Crippen molar-refractivity contribution in [2.75, 3.05) is 12.9 Å². The maximum absolute atomic E-state index is 12.2. The monoisotopic (exact) mass is 362 g/mol. The number of esters is 2.